The molecule has 0 aromatic heterocycles. The minimum atomic E-state index is -4.38. The Kier molecular flexibility index (Phi) is 3.21. The molecule has 3 nitrogen and oxygen atoms in total. The highest BCUT2D eigenvalue weighted by molar-refractivity contribution is 7.52. The first-order valence-electron chi connectivity index (χ1n) is 3.89. The largest absolute Gasteiger partial charge is 0.336 e. The number of benzene rings is 1. The summed E-state index contributed by atoms with van der Waals surface area (Å²) in [5, 5.41) is 0. The molecule has 0 saturated heterocycles. The number of hydrogen-bond acceptors (Lipinski definition) is 1. The highest BCUT2D eigenvalue weighted by atomic mass is 31.2. The number of hydrogen-bond donors (Lipinski definition) is 2. The van der Waals surface area contributed by atoms with Gasteiger partial charge in [-0.05, 0) is 6.07 Å². The first-order valence-corrected chi connectivity index (χ1v) is 5.57. The molecule has 0 aliphatic heterocycles. The molecule has 0 aliphatic carbocycles. The molecule has 76 valence electrons. The van der Waals surface area contributed by atoms with Crippen LogP contribution in [0.2, 0.25) is 0 Å². The van der Waals surface area contributed by atoms with Gasteiger partial charge < -0.3 is 9.79 Å². The molecule has 0 radical (unpaired) electrons. The summed E-state index contributed by atoms with van der Waals surface area (Å²) in [7, 11) is -4.38. The van der Waals surface area contributed by atoms with Crippen molar-refractivity contribution in [3.8, 4) is 0 Å². The molecular formula is C9H10FO3P. The van der Waals surface area contributed by atoms with Crippen molar-refractivity contribution in [2.45, 2.75) is 5.66 Å². The summed E-state index contributed by atoms with van der Waals surface area (Å²) in [5.41, 5.74) is -1.31. The zero-order valence-electron chi connectivity index (χ0n) is 7.30. The van der Waals surface area contributed by atoms with E-state index in [0.717, 1.165) is 12.1 Å². The molecule has 0 heterocycles. The third-order valence-corrected chi connectivity index (χ3v) is 3.02. The van der Waals surface area contributed by atoms with E-state index in [1.165, 1.54) is 18.2 Å². The smallest absolute Gasteiger partial charge is 0.324 e. The maximum Gasteiger partial charge on any atom is 0.336 e. The van der Waals surface area contributed by atoms with Crippen LogP contribution in [0.3, 0.4) is 0 Å². The molecule has 0 fully saturated rings. The normalized spacial score (nSPS) is 13.6. The fraction of sp³-hybridized carbons (Fsp3) is 0.111. The molecule has 1 rings (SSSR count). The predicted molar refractivity (Wildman–Crippen MR) is 51.4 cm³/mol. The Bertz CT molecular complexity index is 385. The predicted octanol–water partition coefficient (Wildman–Crippen LogP) is 2.23. The van der Waals surface area contributed by atoms with Gasteiger partial charge in [-0.3, -0.25) is 4.57 Å². The molecular weight excluding hydrogens is 206 g/mol. The SMILES string of the molecule is C=CC(c1ccccc1F)P(=O)(O)O. The Morgan fingerprint density at radius 3 is 2.43 bits per heavy atom. The van der Waals surface area contributed by atoms with Gasteiger partial charge in [0.1, 0.15) is 11.5 Å². The fourth-order valence-electron chi connectivity index (χ4n) is 1.16. The minimum Gasteiger partial charge on any atom is -0.324 e. The van der Waals surface area contributed by atoms with Gasteiger partial charge in [0, 0.05) is 5.56 Å². The molecule has 1 aromatic rings. The number of rotatable bonds is 3. The molecule has 0 saturated carbocycles. The highest BCUT2D eigenvalue weighted by Crippen LogP contribution is 2.52. The van der Waals surface area contributed by atoms with Crippen LogP contribution < -0.4 is 0 Å². The number of halogens is 1. The van der Waals surface area contributed by atoms with Gasteiger partial charge in [-0.15, -0.1) is 6.58 Å². The van der Waals surface area contributed by atoms with Crippen LogP contribution in [0.25, 0.3) is 0 Å². The summed E-state index contributed by atoms with van der Waals surface area (Å²) in [6.07, 6.45) is 1.05. The lowest BCUT2D eigenvalue weighted by Gasteiger charge is -2.14. The van der Waals surface area contributed by atoms with Crippen LogP contribution in [-0.4, -0.2) is 9.79 Å². The zero-order valence-corrected chi connectivity index (χ0v) is 8.19. The van der Waals surface area contributed by atoms with Gasteiger partial charge in [-0.1, -0.05) is 24.3 Å². The van der Waals surface area contributed by atoms with E-state index in [1.54, 1.807) is 0 Å². The second-order valence-electron chi connectivity index (χ2n) is 2.79. The summed E-state index contributed by atoms with van der Waals surface area (Å²) >= 11 is 0. The van der Waals surface area contributed by atoms with Crippen molar-refractivity contribution in [1.82, 2.24) is 0 Å². The third kappa shape index (κ3) is 2.29. The Hall–Kier alpha value is -0.960. The van der Waals surface area contributed by atoms with Crippen LogP contribution in [0.1, 0.15) is 11.2 Å². The minimum absolute atomic E-state index is 0.0316. The van der Waals surface area contributed by atoms with E-state index in [1.807, 2.05) is 0 Å². The highest BCUT2D eigenvalue weighted by Gasteiger charge is 2.29. The quantitative estimate of drug-likeness (QED) is 0.601. The lowest BCUT2D eigenvalue weighted by atomic mass is 10.1. The van der Waals surface area contributed by atoms with E-state index >= 15 is 0 Å². The molecule has 0 spiro atoms. The van der Waals surface area contributed by atoms with Crippen LogP contribution in [0.4, 0.5) is 4.39 Å². The van der Waals surface area contributed by atoms with Gasteiger partial charge in [0.25, 0.3) is 0 Å². The molecule has 0 aliphatic rings. The van der Waals surface area contributed by atoms with Crippen molar-refractivity contribution in [3.05, 3.63) is 48.3 Å². The Morgan fingerprint density at radius 2 is 2.00 bits per heavy atom. The maximum atomic E-state index is 13.2. The zero-order chi connectivity index (χ0) is 10.8. The first-order chi connectivity index (χ1) is 6.46. The summed E-state index contributed by atoms with van der Waals surface area (Å²) in [6.45, 7) is 3.29. The summed E-state index contributed by atoms with van der Waals surface area (Å²) < 4.78 is 24.1. The third-order valence-electron chi connectivity index (χ3n) is 1.81. The van der Waals surface area contributed by atoms with E-state index in [2.05, 4.69) is 6.58 Å². The van der Waals surface area contributed by atoms with Crippen molar-refractivity contribution < 1.29 is 18.7 Å². The molecule has 14 heavy (non-hydrogen) atoms. The molecule has 2 N–H and O–H groups in total. The Morgan fingerprint density at radius 1 is 1.43 bits per heavy atom. The number of allylic oxidation sites excluding steroid dienone is 1. The molecule has 0 bridgehead atoms. The fourth-order valence-corrected chi connectivity index (χ4v) is 2.01. The van der Waals surface area contributed by atoms with Crippen LogP contribution in [-0.2, 0) is 4.57 Å². The first kappa shape index (κ1) is 11.1. The molecule has 5 heteroatoms. The average Bonchev–Trinajstić information content (AvgIpc) is 2.07. The van der Waals surface area contributed by atoms with Crippen LogP contribution in [0.5, 0.6) is 0 Å². The van der Waals surface area contributed by atoms with Crippen LogP contribution in [0, 0.1) is 5.82 Å². The van der Waals surface area contributed by atoms with Crippen molar-refractivity contribution in [3.63, 3.8) is 0 Å². The standard InChI is InChI=1S/C9H10FO3P/c1-2-9(14(11,12)13)7-5-3-4-6-8(7)10/h2-6,9H,1H2,(H2,11,12,13). The van der Waals surface area contributed by atoms with Crippen molar-refractivity contribution in [1.29, 1.82) is 0 Å². The molecule has 0 amide bonds. The van der Waals surface area contributed by atoms with Gasteiger partial charge in [0.15, 0.2) is 0 Å². The summed E-state index contributed by atoms with van der Waals surface area (Å²) in [6, 6.07) is 5.46. The lowest BCUT2D eigenvalue weighted by Crippen LogP contribution is -1.99. The Labute approximate surface area is 81.1 Å². The van der Waals surface area contributed by atoms with E-state index in [-0.39, 0.29) is 5.56 Å². The van der Waals surface area contributed by atoms with Crippen molar-refractivity contribution >= 4 is 7.60 Å². The van der Waals surface area contributed by atoms with Gasteiger partial charge in [-0.2, -0.15) is 0 Å². The van der Waals surface area contributed by atoms with E-state index in [9.17, 15) is 8.96 Å². The lowest BCUT2D eigenvalue weighted by molar-refractivity contribution is 0.364. The van der Waals surface area contributed by atoms with E-state index in [4.69, 9.17) is 9.79 Å². The average molecular weight is 216 g/mol. The topological polar surface area (TPSA) is 57.5 Å². The van der Waals surface area contributed by atoms with Crippen molar-refractivity contribution in [2.75, 3.05) is 0 Å². The van der Waals surface area contributed by atoms with Gasteiger partial charge in [-0.25, -0.2) is 4.39 Å². The van der Waals surface area contributed by atoms with E-state index in [0.29, 0.717) is 0 Å². The van der Waals surface area contributed by atoms with Crippen LogP contribution in [0.15, 0.2) is 36.9 Å². The molecule has 1 aromatic carbocycles. The van der Waals surface area contributed by atoms with Crippen LogP contribution >= 0.6 is 7.60 Å². The monoisotopic (exact) mass is 216 g/mol. The summed E-state index contributed by atoms with van der Waals surface area (Å²) in [5.74, 6) is -0.638. The second kappa shape index (κ2) is 4.05. The van der Waals surface area contributed by atoms with Gasteiger partial charge in [0.2, 0.25) is 0 Å². The second-order valence-corrected chi connectivity index (χ2v) is 4.53. The maximum absolute atomic E-state index is 13.2. The summed E-state index contributed by atoms with van der Waals surface area (Å²) in [4.78, 5) is 17.9. The van der Waals surface area contributed by atoms with Crippen molar-refractivity contribution in [2.24, 2.45) is 0 Å². The van der Waals surface area contributed by atoms with Gasteiger partial charge >= 0.3 is 7.60 Å². The van der Waals surface area contributed by atoms with Gasteiger partial charge in [0.05, 0.1) is 0 Å². The molecule has 1 atom stereocenters. The molecule has 1 unspecified atom stereocenters. The van der Waals surface area contributed by atoms with E-state index < -0.39 is 19.1 Å². The Balaban J connectivity index is 3.21.